The van der Waals surface area contributed by atoms with Crippen LogP contribution in [0.1, 0.15) is 11.1 Å². The molecule has 4 aromatic rings. The molecule has 1 unspecified atom stereocenters. The lowest BCUT2D eigenvalue weighted by molar-refractivity contribution is -0.138. The van der Waals surface area contributed by atoms with Crippen molar-refractivity contribution in [1.29, 1.82) is 0 Å². The topological polar surface area (TPSA) is 92.3 Å². The summed E-state index contributed by atoms with van der Waals surface area (Å²) in [6.45, 7) is 2.08. The van der Waals surface area contributed by atoms with Crippen molar-refractivity contribution in [1.82, 2.24) is 9.97 Å². The predicted octanol–water partition coefficient (Wildman–Crippen LogP) is 4.84. The summed E-state index contributed by atoms with van der Waals surface area (Å²) in [6.07, 6.45) is 3.80. The molecule has 0 aliphatic rings. The third-order valence-corrected chi connectivity index (χ3v) is 5.60. The van der Waals surface area contributed by atoms with Gasteiger partial charge in [-0.25, -0.2) is 4.98 Å². The highest BCUT2D eigenvalue weighted by Gasteiger charge is 2.14. The van der Waals surface area contributed by atoms with Crippen LogP contribution < -0.4 is 10.6 Å². The Morgan fingerprint density at radius 3 is 2.33 bits per heavy atom. The van der Waals surface area contributed by atoms with Gasteiger partial charge in [0.1, 0.15) is 6.04 Å². The molecule has 3 N–H and O–H groups in total. The lowest BCUT2D eigenvalue weighted by Crippen LogP contribution is -2.32. The largest absolute Gasteiger partial charge is 0.480 e. The summed E-state index contributed by atoms with van der Waals surface area (Å²) in [4.78, 5) is 22.3. The SMILES string of the molecule is Cc1ccc(-c2ccccc2)c(N(C)c2cnc(-c3ccc(CC(N)C(=O)O)cc3)cn2)c1. The minimum Gasteiger partial charge on any atom is -0.480 e. The van der Waals surface area contributed by atoms with E-state index in [4.69, 9.17) is 10.8 Å². The number of nitrogens with zero attached hydrogens (tertiary/aromatic N) is 3. The number of aliphatic carboxylic acids is 1. The first kappa shape index (κ1) is 22.2. The Balaban J connectivity index is 1.57. The molecular formula is C27H26N4O2. The fraction of sp³-hybridized carbons (Fsp3) is 0.148. The summed E-state index contributed by atoms with van der Waals surface area (Å²) < 4.78 is 0. The van der Waals surface area contributed by atoms with Gasteiger partial charge in [0.25, 0.3) is 0 Å². The van der Waals surface area contributed by atoms with Gasteiger partial charge in [-0.05, 0) is 36.1 Å². The van der Waals surface area contributed by atoms with Crippen LogP contribution in [0.3, 0.4) is 0 Å². The number of carboxylic acid groups (broad SMARTS) is 1. The maximum atomic E-state index is 11.0. The molecule has 0 spiro atoms. The number of hydrogen-bond acceptors (Lipinski definition) is 5. The van der Waals surface area contributed by atoms with Gasteiger partial charge in [-0.2, -0.15) is 0 Å². The lowest BCUT2D eigenvalue weighted by Gasteiger charge is -2.22. The van der Waals surface area contributed by atoms with Crippen LogP contribution >= 0.6 is 0 Å². The Kier molecular flexibility index (Phi) is 6.47. The van der Waals surface area contributed by atoms with E-state index in [1.54, 1.807) is 12.4 Å². The van der Waals surface area contributed by atoms with Crippen molar-refractivity contribution in [3.8, 4) is 22.4 Å². The second kappa shape index (κ2) is 9.63. The Bertz CT molecular complexity index is 1240. The predicted molar refractivity (Wildman–Crippen MR) is 131 cm³/mol. The van der Waals surface area contributed by atoms with Gasteiger partial charge in [0.2, 0.25) is 0 Å². The first-order valence-electron chi connectivity index (χ1n) is 10.7. The van der Waals surface area contributed by atoms with Crippen LogP contribution in [0.5, 0.6) is 0 Å². The molecule has 33 heavy (non-hydrogen) atoms. The summed E-state index contributed by atoms with van der Waals surface area (Å²) in [5, 5.41) is 8.98. The standard InChI is InChI=1S/C27H26N4O2/c1-18-8-13-22(20-6-4-3-5-7-20)25(14-18)31(2)26-17-29-24(16-30-26)21-11-9-19(10-12-21)15-23(28)27(32)33/h3-14,16-17,23H,15,28H2,1-2H3,(H,32,33). The fourth-order valence-corrected chi connectivity index (χ4v) is 3.70. The van der Waals surface area contributed by atoms with Crippen LogP contribution in [0, 0.1) is 6.92 Å². The highest BCUT2D eigenvalue weighted by molar-refractivity contribution is 5.82. The molecule has 0 amide bonds. The van der Waals surface area contributed by atoms with E-state index in [-0.39, 0.29) is 6.42 Å². The highest BCUT2D eigenvalue weighted by atomic mass is 16.4. The number of carboxylic acids is 1. The smallest absolute Gasteiger partial charge is 0.320 e. The van der Waals surface area contributed by atoms with Crippen LogP contribution in [0.15, 0.2) is 85.2 Å². The summed E-state index contributed by atoms with van der Waals surface area (Å²) in [5.41, 5.74) is 12.6. The summed E-state index contributed by atoms with van der Waals surface area (Å²) in [6, 6.07) is 23.3. The van der Waals surface area contributed by atoms with Gasteiger partial charge in [0.05, 0.1) is 23.8 Å². The molecule has 6 heteroatoms. The normalized spacial score (nSPS) is 11.7. The number of hydrogen-bond donors (Lipinski definition) is 2. The molecule has 1 heterocycles. The van der Waals surface area contributed by atoms with Crippen LogP contribution in [0.4, 0.5) is 11.5 Å². The Morgan fingerprint density at radius 2 is 1.70 bits per heavy atom. The summed E-state index contributed by atoms with van der Waals surface area (Å²) >= 11 is 0. The maximum absolute atomic E-state index is 11.0. The van der Waals surface area contributed by atoms with E-state index in [2.05, 4.69) is 47.2 Å². The average Bonchev–Trinajstić information content (AvgIpc) is 2.84. The van der Waals surface area contributed by atoms with Crippen molar-refractivity contribution in [2.45, 2.75) is 19.4 Å². The van der Waals surface area contributed by atoms with Crippen molar-refractivity contribution in [2.75, 3.05) is 11.9 Å². The van der Waals surface area contributed by atoms with E-state index < -0.39 is 12.0 Å². The number of carbonyl (C=O) groups is 1. The van der Waals surface area contributed by atoms with Gasteiger partial charge in [-0.1, -0.05) is 66.7 Å². The van der Waals surface area contributed by atoms with Gasteiger partial charge in [0, 0.05) is 18.2 Å². The first-order chi connectivity index (χ1) is 15.9. The highest BCUT2D eigenvalue weighted by Crippen LogP contribution is 2.34. The van der Waals surface area contributed by atoms with Crippen molar-refractivity contribution >= 4 is 17.5 Å². The van der Waals surface area contributed by atoms with E-state index in [0.717, 1.165) is 39.5 Å². The first-order valence-corrected chi connectivity index (χ1v) is 10.7. The lowest BCUT2D eigenvalue weighted by atomic mass is 10.0. The third kappa shape index (κ3) is 5.07. The second-order valence-electron chi connectivity index (χ2n) is 8.05. The number of aryl methyl sites for hydroxylation is 1. The molecule has 0 fully saturated rings. The molecule has 6 nitrogen and oxygen atoms in total. The molecule has 4 rings (SSSR count). The molecule has 0 saturated heterocycles. The van der Waals surface area contributed by atoms with Gasteiger partial charge < -0.3 is 15.7 Å². The summed E-state index contributed by atoms with van der Waals surface area (Å²) in [5.74, 6) is -0.265. The molecular weight excluding hydrogens is 412 g/mol. The zero-order valence-corrected chi connectivity index (χ0v) is 18.6. The number of benzene rings is 3. The molecule has 1 atom stereocenters. The zero-order chi connectivity index (χ0) is 23.4. The minimum absolute atomic E-state index is 0.283. The quantitative estimate of drug-likeness (QED) is 0.429. The molecule has 0 bridgehead atoms. The molecule has 0 aliphatic heterocycles. The van der Waals surface area contributed by atoms with E-state index in [1.807, 2.05) is 54.4 Å². The molecule has 0 aliphatic carbocycles. The Labute approximate surface area is 193 Å². The maximum Gasteiger partial charge on any atom is 0.320 e. The van der Waals surface area contributed by atoms with Crippen LogP contribution in [-0.2, 0) is 11.2 Å². The van der Waals surface area contributed by atoms with Gasteiger partial charge in [0.15, 0.2) is 5.82 Å². The average molecular weight is 439 g/mol. The van der Waals surface area contributed by atoms with E-state index in [1.165, 1.54) is 5.56 Å². The van der Waals surface area contributed by atoms with Gasteiger partial charge in [-0.3, -0.25) is 9.78 Å². The minimum atomic E-state index is -1.01. The monoisotopic (exact) mass is 438 g/mol. The van der Waals surface area contributed by atoms with Gasteiger partial charge in [-0.15, -0.1) is 0 Å². The molecule has 166 valence electrons. The zero-order valence-electron chi connectivity index (χ0n) is 18.6. The number of anilines is 2. The van der Waals surface area contributed by atoms with Gasteiger partial charge >= 0.3 is 5.97 Å². The van der Waals surface area contributed by atoms with Crippen molar-refractivity contribution in [3.05, 3.63) is 96.3 Å². The number of nitrogens with two attached hydrogens (primary N) is 1. The third-order valence-electron chi connectivity index (χ3n) is 5.60. The van der Waals surface area contributed by atoms with Crippen molar-refractivity contribution in [2.24, 2.45) is 5.73 Å². The Hall–Kier alpha value is -4.03. The molecule has 0 saturated carbocycles. The fourth-order valence-electron chi connectivity index (χ4n) is 3.70. The molecule has 0 radical (unpaired) electrons. The molecule has 1 aromatic heterocycles. The second-order valence-corrected chi connectivity index (χ2v) is 8.05. The number of aromatic nitrogens is 2. The Morgan fingerprint density at radius 1 is 0.970 bits per heavy atom. The van der Waals surface area contributed by atoms with Crippen molar-refractivity contribution in [3.63, 3.8) is 0 Å². The van der Waals surface area contributed by atoms with E-state index in [0.29, 0.717) is 0 Å². The summed E-state index contributed by atoms with van der Waals surface area (Å²) in [7, 11) is 1.99. The van der Waals surface area contributed by atoms with Crippen LogP contribution in [0.25, 0.3) is 22.4 Å². The van der Waals surface area contributed by atoms with Crippen molar-refractivity contribution < 1.29 is 9.90 Å². The van der Waals surface area contributed by atoms with Crippen LogP contribution in [0.2, 0.25) is 0 Å². The van der Waals surface area contributed by atoms with E-state index >= 15 is 0 Å². The van der Waals surface area contributed by atoms with Crippen LogP contribution in [-0.4, -0.2) is 34.1 Å². The molecule has 3 aromatic carbocycles. The van der Waals surface area contributed by atoms with E-state index in [9.17, 15) is 4.79 Å². The number of rotatable bonds is 7.